The molecule has 0 aliphatic heterocycles. The van der Waals surface area contributed by atoms with Gasteiger partial charge in [0.2, 0.25) is 0 Å². The normalized spacial score (nSPS) is 11.4. The third kappa shape index (κ3) is 2.03. The van der Waals surface area contributed by atoms with Crippen molar-refractivity contribution in [2.45, 2.75) is 18.5 Å². The van der Waals surface area contributed by atoms with Gasteiger partial charge in [-0.1, -0.05) is 67.6 Å². The van der Waals surface area contributed by atoms with Gasteiger partial charge in [0.25, 0.3) is 0 Å². The van der Waals surface area contributed by atoms with Gasteiger partial charge in [0.05, 0.1) is 0 Å². The van der Waals surface area contributed by atoms with Crippen molar-refractivity contribution < 1.29 is 0 Å². The maximum Gasteiger partial charge on any atom is 0.0341 e. The molecule has 0 N–H and O–H groups in total. The van der Waals surface area contributed by atoms with E-state index in [0.29, 0.717) is 0 Å². The molecule has 0 spiro atoms. The minimum Gasteiger partial charge on any atom is -0.122 e. The smallest absolute Gasteiger partial charge is 0.0341 e. The van der Waals surface area contributed by atoms with Gasteiger partial charge in [-0.15, -0.1) is 9.24 Å². The number of benzene rings is 2. The molecule has 2 aromatic carbocycles. The lowest BCUT2D eigenvalue weighted by atomic mass is 9.88. The standard InChI is InChI=1S/C15H17P/c1-2-15(16,13-9-5-3-6-10-13)14-11-7-4-8-12-14/h3-12H,2,16H2,1H3. The SMILES string of the molecule is CCC(P)(c1ccccc1)c1ccccc1. The molecule has 0 fully saturated rings. The zero-order valence-electron chi connectivity index (χ0n) is 9.56. The van der Waals surface area contributed by atoms with Gasteiger partial charge in [-0.2, -0.15) is 0 Å². The summed E-state index contributed by atoms with van der Waals surface area (Å²) in [5.74, 6) is 0. The van der Waals surface area contributed by atoms with Crippen LogP contribution < -0.4 is 0 Å². The summed E-state index contributed by atoms with van der Waals surface area (Å²) in [5.41, 5.74) is 2.71. The molecule has 0 amide bonds. The van der Waals surface area contributed by atoms with Gasteiger partial charge >= 0.3 is 0 Å². The fraction of sp³-hybridized carbons (Fsp3) is 0.200. The van der Waals surface area contributed by atoms with Crippen LogP contribution in [0.25, 0.3) is 0 Å². The third-order valence-corrected chi connectivity index (χ3v) is 4.21. The minimum atomic E-state index is 0.0442. The molecule has 16 heavy (non-hydrogen) atoms. The van der Waals surface area contributed by atoms with Crippen LogP contribution >= 0.6 is 9.24 Å². The molecule has 2 rings (SSSR count). The maximum atomic E-state index is 3.02. The summed E-state index contributed by atoms with van der Waals surface area (Å²) in [6, 6.07) is 21.3. The highest BCUT2D eigenvalue weighted by Gasteiger charge is 2.26. The highest BCUT2D eigenvalue weighted by Crippen LogP contribution is 2.41. The topological polar surface area (TPSA) is 0 Å². The van der Waals surface area contributed by atoms with Crippen molar-refractivity contribution in [3.63, 3.8) is 0 Å². The first-order valence-electron chi connectivity index (χ1n) is 5.67. The van der Waals surface area contributed by atoms with E-state index in [-0.39, 0.29) is 5.16 Å². The van der Waals surface area contributed by atoms with E-state index in [0.717, 1.165) is 6.42 Å². The lowest BCUT2D eigenvalue weighted by molar-refractivity contribution is 0.710. The van der Waals surface area contributed by atoms with Gasteiger partial charge < -0.3 is 0 Å². The molecule has 1 atom stereocenters. The van der Waals surface area contributed by atoms with Gasteiger partial charge in [0.1, 0.15) is 0 Å². The Morgan fingerprint density at radius 1 is 0.812 bits per heavy atom. The van der Waals surface area contributed by atoms with Crippen LogP contribution in [0.15, 0.2) is 60.7 Å². The van der Waals surface area contributed by atoms with E-state index in [1.54, 1.807) is 0 Å². The van der Waals surface area contributed by atoms with Crippen molar-refractivity contribution in [3.05, 3.63) is 71.8 Å². The Labute approximate surface area is 99.9 Å². The molecule has 0 radical (unpaired) electrons. The molecular weight excluding hydrogens is 211 g/mol. The third-order valence-electron chi connectivity index (χ3n) is 3.14. The van der Waals surface area contributed by atoms with E-state index >= 15 is 0 Å². The lowest BCUT2D eigenvalue weighted by Crippen LogP contribution is -2.18. The summed E-state index contributed by atoms with van der Waals surface area (Å²) in [4.78, 5) is 0. The summed E-state index contributed by atoms with van der Waals surface area (Å²) in [6.45, 7) is 2.23. The van der Waals surface area contributed by atoms with E-state index in [1.807, 2.05) is 0 Å². The van der Waals surface area contributed by atoms with Gasteiger partial charge in [-0.3, -0.25) is 0 Å². The first kappa shape index (κ1) is 11.4. The Balaban J connectivity index is 2.49. The molecule has 0 nitrogen and oxygen atoms in total. The molecule has 0 aromatic heterocycles. The van der Waals surface area contributed by atoms with Crippen LogP contribution in [0.5, 0.6) is 0 Å². The minimum absolute atomic E-state index is 0.0442. The Kier molecular flexibility index (Phi) is 3.41. The Bertz CT molecular complexity index is 394. The maximum absolute atomic E-state index is 3.02. The monoisotopic (exact) mass is 228 g/mol. The van der Waals surface area contributed by atoms with Crippen LogP contribution in [-0.4, -0.2) is 0 Å². The summed E-state index contributed by atoms with van der Waals surface area (Å²) < 4.78 is 0. The fourth-order valence-corrected chi connectivity index (χ4v) is 2.43. The summed E-state index contributed by atoms with van der Waals surface area (Å²) in [7, 11) is 3.02. The average Bonchev–Trinajstić information content (AvgIpc) is 2.40. The first-order valence-corrected chi connectivity index (χ1v) is 6.25. The second-order valence-electron chi connectivity index (χ2n) is 4.06. The van der Waals surface area contributed by atoms with E-state index < -0.39 is 0 Å². The second-order valence-corrected chi connectivity index (χ2v) is 5.04. The van der Waals surface area contributed by atoms with Crippen LogP contribution in [0, 0.1) is 0 Å². The van der Waals surface area contributed by atoms with Crippen LogP contribution in [0.4, 0.5) is 0 Å². The van der Waals surface area contributed by atoms with Crippen LogP contribution in [0.1, 0.15) is 24.5 Å². The number of hydrogen-bond acceptors (Lipinski definition) is 0. The van der Waals surface area contributed by atoms with Crippen LogP contribution in [0.2, 0.25) is 0 Å². The predicted molar refractivity (Wildman–Crippen MR) is 73.7 cm³/mol. The fourth-order valence-electron chi connectivity index (χ4n) is 2.05. The van der Waals surface area contributed by atoms with Crippen molar-refractivity contribution in [2.75, 3.05) is 0 Å². The van der Waals surface area contributed by atoms with Gasteiger partial charge in [-0.05, 0) is 17.5 Å². The Hall–Kier alpha value is -1.13. The van der Waals surface area contributed by atoms with Gasteiger partial charge in [0, 0.05) is 5.16 Å². The zero-order chi connectivity index (χ0) is 11.4. The second kappa shape index (κ2) is 4.80. The highest BCUT2D eigenvalue weighted by molar-refractivity contribution is 7.19. The van der Waals surface area contributed by atoms with Crippen molar-refractivity contribution >= 4 is 9.24 Å². The van der Waals surface area contributed by atoms with Crippen LogP contribution in [-0.2, 0) is 5.16 Å². The summed E-state index contributed by atoms with van der Waals surface area (Å²) in [5, 5.41) is 0.0442. The van der Waals surface area contributed by atoms with E-state index in [2.05, 4.69) is 76.8 Å². The lowest BCUT2D eigenvalue weighted by Gasteiger charge is -2.29. The molecule has 82 valence electrons. The van der Waals surface area contributed by atoms with Gasteiger partial charge in [0.15, 0.2) is 0 Å². The van der Waals surface area contributed by atoms with E-state index in [4.69, 9.17) is 0 Å². The summed E-state index contributed by atoms with van der Waals surface area (Å²) >= 11 is 0. The van der Waals surface area contributed by atoms with E-state index in [9.17, 15) is 0 Å². The first-order chi connectivity index (χ1) is 7.77. The van der Waals surface area contributed by atoms with Crippen LogP contribution in [0.3, 0.4) is 0 Å². The molecule has 0 aliphatic rings. The zero-order valence-corrected chi connectivity index (χ0v) is 10.7. The Morgan fingerprint density at radius 2 is 1.19 bits per heavy atom. The molecule has 1 unspecified atom stereocenters. The van der Waals surface area contributed by atoms with Crippen molar-refractivity contribution in [1.82, 2.24) is 0 Å². The molecule has 0 bridgehead atoms. The Morgan fingerprint density at radius 3 is 1.50 bits per heavy atom. The van der Waals surface area contributed by atoms with Crippen molar-refractivity contribution in [2.24, 2.45) is 0 Å². The van der Waals surface area contributed by atoms with Crippen molar-refractivity contribution in [1.29, 1.82) is 0 Å². The van der Waals surface area contributed by atoms with Gasteiger partial charge in [-0.25, -0.2) is 0 Å². The molecular formula is C15H17P. The number of rotatable bonds is 3. The van der Waals surface area contributed by atoms with Crippen molar-refractivity contribution in [3.8, 4) is 0 Å². The molecule has 0 heterocycles. The summed E-state index contributed by atoms with van der Waals surface area (Å²) in [6.07, 6.45) is 1.08. The molecule has 0 saturated heterocycles. The van der Waals surface area contributed by atoms with E-state index in [1.165, 1.54) is 11.1 Å². The molecule has 0 aliphatic carbocycles. The quantitative estimate of drug-likeness (QED) is 0.690. The number of hydrogen-bond donors (Lipinski definition) is 0. The molecule has 1 heteroatoms. The highest BCUT2D eigenvalue weighted by atomic mass is 31.0. The molecule has 0 saturated carbocycles. The average molecular weight is 228 g/mol. The predicted octanol–water partition coefficient (Wildman–Crippen LogP) is 4.22. The molecule has 2 aromatic rings. The largest absolute Gasteiger partial charge is 0.122 e.